The van der Waals surface area contributed by atoms with Crippen LogP contribution in [0.5, 0.6) is 0 Å². The van der Waals surface area contributed by atoms with Crippen molar-refractivity contribution in [2.75, 3.05) is 20.6 Å². The number of nitrogens with zero attached hydrogens (tertiary/aromatic N) is 1. The van der Waals surface area contributed by atoms with Gasteiger partial charge >= 0.3 is 0 Å². The van der Waals surface area contributed by atoms with Crippen LogP contribution in [0.1, 0.15) is 213 Å². The zero-order valence-corrected chi connectivity index (χ0v) is 32.5. The molecule has 1 heteroatoms. The highest BCUT2D eigenvalue weighted by Crippen LogP contribution is 2.36. The first-order valence-electron chi connectivity index (χ1n) is 20.8. The molecule has 0 N–H and O–H groups in total. The van der Waals surface area contributed by atoms with Gasteiger partial charge in [0, 0.05) is 0 Å². The fraction of sp³-hybridized carbons (Fsp3) is 0.822. The third-order valence-electron chi connectivity index (χ3n) is 9.85. The number of unbranched alkanes of at least 4 members (excludes halogenated alkanes) is 20. The van der Waals surface area contributed by atoms with Gasteiger partial charge in [0.15, 0.2) is 0 Å². The molecule has 0 aromatic rings. The number of hydrogen-bond donors (Lipinski definition) is 0. The molecule has 0 aliphatic rings. The second kappa shape index (κ2) is 36.8. The summed E-state index contributed by atoms with van der Waals surface area (Å²) in [6.07, 6.45) is 60.0. The van der Waals surface area contributed by atoms with Gasteiger partial charge in [-0.2, -0.15) is 0 Å². The number of hydrogen-bond acceptors (Lipinski definition) is 1. The molecule has 0 amide bonds. The van der Waals surface area contributed by atoms with Crippen LogP contribution in [0, 0.1) is 5.41 Å². The van der Waals surface area contributed by atoms with Crippen LogP contribution in [0.4, 0.5) is 0 Å². The highest BCUT2D eigenvalue weighted by Gasteiger charge is 2.22. The molecule has 0 saturated carbocycles. The summed E-state index contributed by atoms with van der Waals surface area (Å²) >= 11 is 0. The molecule has 270 valence electrons. The van der Waals surface area contributed by atoms with Gasteiger partial charge in [0.05, 0.1) is 0 Å². The van der Waals surface area contributed by atoms with Crippen molar-refractivity contribution in [2.45, 2.75) is 213 Å². The van der Waals surface area contributed by atoms with Gasteiger partial charge in [-0.1, -0.05) is 172 Å². The molecule has 0 bridgehead atoms. The third kappa shape index (κ3) is 35.8. The van der Waals surface area contributed by atoms with E-state index < -0.39 is 0 Å². The van der Waals surface area contributed by atoms with Gasteiger partial charge in [0.1, 0.15) is 0 Å². The van der Waals surface area contributed by atoms with Gasteiger partial charge in [0.2, 0.25) is 0 Å². The topological polar surface area (TPSA) is 3.24 Å². The van der Waals surface area contributed by atoms with E-state index in [0.29, 0.717) is 5.41 Å². The fourth-order valence-corrected chi connectivity index (χ4v) is 6.61. The van der Waals surface area contributed by atoms with E-state index in [2.05, 4.69) is 88.4 Å². The van der Waals surface area contributed by atoms with Crippen molar-refractivity contribution in [1.82, 2.24) is 4.90 Å². The Bertz CT molecular complexity index is 648. The van der Waals surface area contributed by atoms with Gasteiger partial charge in [-0.05, 0) is 116 Å². The molecule has 0 aromatic heterocycles. The maximum Gasteiger partial charge on any atom is -0.00248 e. The van der Waals surface area contributed by atoms with Crippen molar-refractivity contribution in [3.05, 3.63) is 48.6 Å². The van der Waals surface area contributed by atoms with Crippen molar-refractivity contribution in [2.24, 2.45) is 5.41 Å². The second-order valence-electron chi connectivity index (χ2n) is 15.1. The largest absolute Gasteiger partial charge is 0.309 e. The third-order valence-corrected chi connectivity index (χ3v) is 9.85. The molecule has 0 unspecified atom stereocenters. The average Bonchev–Trinajstić information content (AvgIpc) is 3.04. The number of allylic oxidation sites excluding steroid dienone is 8. The van der Waals surface area contributed by atoms with Crippen molar-refractivity contribution in [3.8, 4) is 0 Å². The summed E-state index contributed by atoms with van der Waals surface area (Å²) in [5.74, 6) is 0. The average molecular weight is 640 g/mol. The van der Waals surface area contributed by atoms with Gasteiger partial charge < -0.3 is 4.90 Å². The Morgan fingerprint density at radius 1 is 0.370 bits per heavy atom. The van der Waals surface area contributed by atoms with Crippen LogP contribution in [0.25, 0.3) is 0 Å². The lowest BCUT2D eigenvalue weighted by molar-refractivity contribution is 0.221. The summed E-state index contributed by atoms with van der Waals surface area (Å²) in [5.41, 5.74) is 0.572. The summed E-state index contributed by atoms with van der Waals surface area (Å²) in [5, 5.41) is 0. The van der Waals surface area contributed by atoms with E-state index in [9.17, 15) is 0 Å². The summed E-state index contributed by atoms with van der Waals surface area (Å²) < 4.78 is 0. The molecule has 0 atom stereocenters. The van der Waals surface area contributed by atoms with E-state index in [4.69, 9.17) is 0 Å². The van der Waals surface area contributed by atoms with Crippen LogP contribution >= 0.6 is 0 Å². The molecule has 0 aliphatic carbocycles. The van der Waals surface area contributed by atoms with Crippen molar-refractivity contribution in [3.63, 3.8) is 0 Å². The quantitative estimate of drug-likeness (QED) is 0.0487. The minimum atomic E-state index is 0.572. The van der Waals surface area contributed by atoms with E-state index in [0.717, 1.165) is 12.8 Å². The second-order valence-corrected chi connectivity index (χ2v) is 15.1. The summed E-state index contributed by atoms with van der Waals surface area (Å²) in [6, 6.07) is 0. The monoisotopic (exact) mass is 640 g/mol. The van der Waals surface area contributed by atoms with Crippen LogP contribution in [-0.2, 0) is 0 Å². The van der Waals surface area contributed by atoms with Gasteiger partial charge in [-0.25, -0.2) is 0 Å². The van der Waals surface area contributed by atoms with Gasteiger partial charge in [-0.15, -0.1) is 0 Å². The van der Waals surface area contributed by atoms with Crippen LogP contribution < -0.4 is 0 Å². The first kappa shape index (κ1) is 44.9. The Morgan fingerprint density at radius 3 is 1.02 bits per heavy atom. The Morgan fingerprint density at radius 2 is 0.674 bits per heavy atom. The fourth-order valence-electron chi connectivity index (χ4n) is 6.61. The molecule has 0 rings (SSSR count). The zero-order valence-electron chi connectivity index (χ0n) is 32.5. The van der Waals surface area contributed by atoms with E-state index in [1.807, 2.05) is 0 Å². The minimum Gasteiger partial charge on any atom is -0.309 e. The normalized spacial score (nSPS) is 12.8. The van der Waals surface area contributed by atoms with Crippen molar-refractivity contribution in [1.29, 1.82) is 0 Å². The molecular weight excluding hydrogens is 555 g/mol. The SMILES string of the molecule is CCCCC/C=C\C/C=C\CCCCCCCCC(C)(CCCCCCCC/C=C\C/C=C\CCCCC)CCCCCN(C)C. The highest BCUT2D eigenvalue weighted by atomic mass is 15.0. The maximum atomic E-state index is 2.64. The molecule has 1 nitrogen and oxygen atoms in total. The summed E-state index contributed by atoms with van der Waals surface area (Å²) in [6.45, 7) is 8.44. The van der Waals surface area contributed by atoms with E-state index in [-0.39, 0.29) is 0 Å². The lowest BCUT2D eigenvalue weighted by Crippen LogP contribution is -2.17. The van der Waals surface area contributed by atoms with Crippen molar-refractivity contribution < 1.29 is 0 Å². The molecule has 0 heterocycles. The molecule has 0 aromatic carbocycles. The number of rotatable bonds is 36. The van der Waals surface area contributed by atoms with Crippen LogP contribution in [0.3, 0.4) is 0 Å². The van der Waals surface area contributed by atoms with Crippen molar-refractivity contribution >= 4 is 0 Å². The Kier molecular flexibility index (Phi) is 35.9. The Labute approximate surface area is 292 Å². The molecule has 0 aliphatic heterocycles. The van der Waals surface area contributed by atoms with Gasteiger partial charge in [-0.3, -0.25) is 0 Å². The van der Waals surface area contributed by atoms with Gasteiger partial charge in [0.25, 0.3) is 0 Å². The van der Waals surface area contributed by atoms with Crippen LogP contribution in [0.2, 0.25) is 0 Å². The zero-order chi connectivity index (χ0) is 33.7. The van der Waals surface area contributed by atoms with E-state index in [1.54, 1.807) is 0 Å². The van der Waals surface area contributed by atoms with E-state index >= 15 is 0 Å². The van der Waals surface area contributed by atoms with Crippen LogP contribution in [0.15, 0.2) is 48.6 Å². The lowest BCUT2D eigenvalue weighted by Gasteiger charge is -2.30. The van der Waals surface area contributed by atoms with E-state index in [1.165, 1.54) is 186 Å². The molecule has 46 heavy (non-hydrogen) atoms. The minimum absolute atomic E-state index is 0.572. The smallest absolute Gasteiger partial charge is 0.00248 e. The molecule has 0 radical (unpaired) electrons. The highest BCUT2D eigenvalue weighted by molar-refractivity contribution is 4.93. The molecular formula is C45H85N. The summed E-state index contributed by atoms with van der Waals surface area (Å²) in [4.78, 5) is 2.34. The predicted molar refractivity (Wildman–Crippen MR) is 213 cm³/mol. The standard InChI is InChI=1S/C45H85N/c1-6-8-10-12-14-16-18-20-22-24-26-28-30-32-34-37-41-45(3,43-39-36-40-44-46(4)5)42-38-35-33-31-29-27-25-23-21-19-17-15-13-11-9-7-2/h14-17,20-23H,6-13,18-19,24-44H2,1-5H3/b16-14-,17-15-,22-20-,23-21-. The first-order chi connectivity index (χ1) is 22.5. The summed E-state index contributed by atoms with van der Waals surface area (Å²) in [7, 11) is 4.42. The molecule has 0 saturated heterocycles. The molecule has 0 fully saturated rings. The Hall–Kier alpha value is -1.08. The lowest BCUT2D eigenvalue weighted by atomic mass is 9.76. The predicted octanol–water partition coefficient (Wildman–Crippen LogP) is 15.5. The maximum absolute atomic E-state index is 2.64. The first-order valence-corrected chi connectivity index (χ1v) is 20.8. The molecule has 0 spiro atoms. The van der Waals surface area contributed by atoms with Crippen LogP contribution in [-0.4, -0.2) is 25.5 Å². The Balaban J connectivity index is 4.03.